The number of thioether (sulfide) groups is 1. The lowest BCUT2D eigenvalue weighted by atomic mass is 10.1. The Labute approximate surface area is 142 Å². The number of rotatable bonds is 8. The first-order valence-corrected chi connectivity index (χ1v) is 8.99. The number of hydrogen-bond acceptors (Lipinski definition) is 5. The molecule has 0 saturated carbocycles. The lowest BCUT2D eigenvalue weighted by Gasteiger charge is -2.25. The Morgan fingerprint density at radius 1 is 1.22 bits per heavy atom. The SMILES string of the molecule is CCNCCN1C(=O)C(CC)SC1c1ccc(OC)c(OC)c1. The average molecular weight is 338 g/mol. The monoisotopic (exact) mass is 338 g/mol. The van der Waals surface area contributed by atoms with Gasteiger partial charge in [0.05, 0.1) is 19.5 Å². The molecule has 0 bridgehead atoms. The van der Waals surface area contributed by atoms with Crippen LogP contribution in [0.25, 0.3) is 0 Å². The van der Waals surface area contributed by atoms with Crippen molar-refractivity contribution < 1.29 is 14.3 Å². The molecule has 1 N–H and O–H groups in total. The highest BCUT2D eigenvalue weighted by molar-refractivity contribution is 8.01. The van der Waals surface area contributed by atoms with Crippen LogP contribution in [0.3, 0.4) is 0 Å². The van der Waals surface area contributed by atoms with E-state index in [2.05, 4.69) is 19.2 Å². The zero-order valence-electron chi connectivity index (χ0n) is 14.3. The quantitative estimate of drug-likeness (QED) is 0.739. The summed E-state index contributed by atoms with van der Waals surface area (Å²) < 4.78 is 10.7. The van der Waals surface area contributed by atoms with Gasteiger partial charge in [-0.25, -0.2) is 0 Å². The van der Waals surface area contributed by atoms with E-state index in [0.29, 0.717) is 11.5 Å². The molecule has 1 aromatic rings. The standard InChI is InChI=1S/C17H26N2O3S/c1-5-15-16(20)19(10-9-18-6-2)17(23-15)12-7-8-13(21-3)14(11-12)22-4/h7-8,11,15,17-18H,5-6,9-10H2,1-4H3. The fourth-order valence-electron chi connectivity index (χ4n) is 2.73. The normalized spacial score (nSPS) is 20.9. The van der Waals surface area contributed by atoms with Crippen LogP contribution in [0.4, 0.5) is 0 Å². The molecule has 23 heavy (non-hydrogen) atoms. The summed E-state index contributed by atoms with van der Waals surface area (Å²) in [5.41, 5.74) is 1.08. The van der Waals surface area contributed by atoms with Gasteiger partial charge in [-0.15, -0.1) is 11.8 Å². The van der Waals surface area contributed by atoms with Crippen LogP contribution in [-0.2, 0) is 4.79 Å². The third-order valence-corrected chi connectivity index (χ3v) is 5.63. The van der Waals surface area contributed by atoms with Crippen molar-refractivity contribution in [1.29, 1.82) is 0 Å². The van der Waals surface area contributed by atoms with E-state index in [0.717, 1.165) is 31.6 Å². The zero-order valence-corrected chi connectivity index (χ0v) is 15.1. The van der Waals surface area contributed by atoms with Crippen LogP contribution in [-0.4, -0.2) is 49.9 Å². The molecule has 2 atom stereocenters. The number of ether oxygens (including phenoxy) is 2. The van der Waals surface area contributed by atoms with Crippen LogP contribution >= 0.6 is 11.8 Å². The second-order valence-electron chi connectivity index (χ2n) is 5.38. The largest absolute Gasteiger partial charge is 0.493 e. The van der Waals surface area contributed by atoms with Gasteiger partial charge in [-0.2, -0.15) is 0 Å². The maximum atomic E-state index is 12.6. The molecule has 1 fully saturated rings. The molecule has 2 unspecified atom stereocenters. The smallest absolute Gasteiger partial charge is 0.236 e. The number of methoxy groups -OCH3 is 2. The predicted octanol–water partition coefficient (Wildman–Crippen LogP) is 2.67. The minimum Gasteiger partial charge on any atom is -0.493 e. The summed E-state index contributed by atoms with van der Waals surface area (Å²) in [4.78, 5) is 14.6. The highest BCUT2D eigenvalue weighted by Gasteiger charge is 2.39. The molecule has 6 heteroatoms. The van der Waals surface area contributed by atoms with E-state index in [-0.39, 0.29) is 16.5 Å². The number of amides is 1. The van der Waals surface area contributed by atoms with E-state index in [4.69, 9.17) is 9.47 Å². The van der Waals surface area contributed by atoms with Crippen molar-refractivity contribution in [2.75, 3.05) is 33.9 Å². The highest BCUT2D eigenvalue weighted by atomic mass is 32.2. The van der Waals surface area contributed by atoms with Gasteiger partial charge in [0.25, 0.3) is 0 Å². The summed E-state index contributed by atoms with van der Waals surface area (Å²) >= 11 is 1.72. The van der Waals surface area contributed by atoms with E-state index in [1.165, 1.54) is 0 Å². The molecular formula is C17H26N2O3S. The topological polar surface area (TPSA) is 50.8 Å². The van der Waals surface area contributed by atoms with Gasteiger partial charge in [-0.1, -0.05) is 19.9 Å². The number of carbonyl (C=O) groups excluding carboxylic acids is 1. The molecule has 5 nitrogen and oxygen atoms in total. The van der Waals surface area contributed by atoms with Crippen LogP contribution in [0.2, 0.25) is 0 Å². The number of nitrogens with one attached hydrogen (secondary N) is 1. The molecule has 1 aromatic carbocycles. The van der Waals surface area contributed by atoms with Gasteiger partial charge in [0.15, 0.2) is 11.5 Å². The van der Waals surface area contributed by atoms with Crippen LogP contribution < -0.4 is 14.8 Å². The summed E-state index contributed by atoms with van der Waals surface area (Å²) in [7, 11) is 3.26. The molecule has 0 aromatic heterocycles. The van der Waals surface area contributed by atoms with E-state index in [1.54, 1.807) is 26.0 Å². The molecule has 1 aliphatic heterocycles. The molecule has 1 amide bonds. The molecule has 2 rings (SSSR count). The summed E-state index contributed by atoms with van der Waals surface area (Å²) in [5, 5.41) is 3.36. The fourth-order valence-corrected chi connectivity index (χ4v) is 4.14. The molecule has 128 valence electrons. The van der Waals surface area contributed by atoms with Gasteiger partial charge >= 0.3 is 0 Å². The first-order chi connectivity index (χ1) is 11.2. The lowest BCUT2D eigenvalue weighted by Crippen LogP contribution is -2.36. The molecule has 0 radical (unpaired) electrons. The summed E-state index contributed by atoms with van der Waals surface area (Å²) in [5.74, 6) is 1.64. The number of nitrogens with zero attached hydrogens (tertiary/aromatic N) is 1. The van der Waals surface area contributed by atoms with Crippen molar-refractivity contribution in [3.63, 3.8) is 0 Å². The number of benzene rings is 1. The summed E-state index contributed by atoms with van der Waals surface area (Å²) in [6.45, 7) is 6.57. The number of likely N-dealkylation sites (N-methyl/N-ethyl adjacent to an activating group) is 1. The van der Waals surface area contributed by atoms with Crippen molar-refractivity contribution >= 4 is 17.7 Å². The van der Waals surface area contributed by atoms with Crippen molar-refractivity contribution in [2.45, 2.75) is 30.9 Å². The lowest BCUT2D eigenvalue weighted by molar-refractivity contribution is -0.130. The van der Waals surface area contributed by atoms with Gasteiger partial charge in [-0.3, -0.25) is 4.79 Å². The van der Waals surface area contributed by atoms with Crippen LogP contribution in [0.15, 0.2) is 18.2 Å². The fraction of sp³-hybridized carbons (Fsp3) is 0.588. The average Bonchev–Trinajstić information content (AvgIpc) is 2.90. The maximum absolute atomic E-state index is 12.6. The van der Waals surface area contributed by atoms with Gasteiger partial charge in [0.2, 0.25) is 5.91 Å². The minimum atomic E-state index is 0.0333. The Morgan fingerprint density at radius 3 is 2.57 bits per heavy atom. The first-order valence-electron chi connectivity index (χ1n) is 8.04. The zero-order chi connectivity index (χ0) is 16.8. The van der Waals surface area contributed by atoms with Crippen LogP contribution in [0.5, 0.6) is 11.5 Å². The van der Waals surface area contributed by atoms with Gasteiger partial charge in [0, 0.05) is 13.1 Å². The predicted molar refractivity (Wildman–Crippen MR) is 94.2 cm³/mol. The van der Waals surface area contributed by atoms with Crippen LogP contribution in [0, 0.1) is 0 Å². The van der Waals surface area contributed by atoms with Gasteiger partial charge in [-0.05, 0) is 30.7 Å². The summed E-state index contributed by atoms with van der Waals surface area (Å²) in [6, 6.07) is 5.90. The van der Waals surface area contributed by atoms with E-state index < -0.39 is 0 Å². The maximum Gasteiger partial charge on any atom is 0.236 e. The van der Waals surface area contributed by atoms with E-state index in [9.17, 15) is 4.79 Å². The Kier molecular flexibility index (Phi) is 6.59. The molecule has 1 aliphatic rings. The second kappa shape index (κ2) is 8.45. The third kappa shape index (κ3) is 3.93. The Balaban J connectivity index is 2.25. The molecule has 1 heterocycles. The molecule has 0 spiro atoms. The van der Waals surface area contributed by atoms with E-state index in [1.807, 2.05) is 23.1 Å². The molecular weight excluding hydrogens is 312 g/mol. The summed E-state index contributed by atoms with van der Waals surface area (Å²) in [6.07, 6.45) is 0.852. The molecule has 1 saturated heterocycles. The van der Waals surface area contributed by atoms with Crippen molar-refractivity contribution in [1.82, 2.24) is 10.2 Å². The Morgan fingerprint density at radius 2 is 1.96 bits per heavy atom. The number of hydrogen-bond donors (Lipinski definition) is 1. The Hall–Kier alpha value is -1.40. The minimum absolute atomic E-state index is 0.0333. The van der Waals surface area contributed by atoms with E-state index >= 15 is 0 Å². The van der Waals surface area contributed by atoms with Crippen molar-refractivity contribution in [3.8, 4) is 11.5 Å². The molecule has 0 aliphatic carbocycles. The first kappa shape index (κ1) is 17.9. The van der Waals surface area contributed by atoms with Crippen LogP contribution in [0.1, 0.15) is 31.2 Å². The highest BCUT2D eigenvalue weighted by Crippen LogP contribution is 2.45. The van der Waals surface area contributed by atoms with Crippen molar-refractivity contribution in [3.05, 3.63) is 23.8 Å². The second-order valence-corrected chi connectivity index (χ2v) is 6.67. The van der Waals surface area contributed by atoms with Gasteiger partial charge < -0.3 is 19.7 Å². The Bertz CT molecular complexity index is 539. The number of carbonyl (C=O) groups is 1. The third-order valence-electron chi connectivity index (χ3n) is 3.98. The van der Waals surface area contributed by atoms with Crippen molar-refractivity contribution in [2.24, 2.45) is 0 Å². The van der Waals surface area contributed by atoms with Gasteiger partial charge in [0.1, 0.15) is 5.37 Å².